The molecule has 0 amide bonds. The lowest BCUT2D eigenvalue weighted by Gasteiger charge is -2.38. The first-order valence-electron chi connectivity index (χ1n) is 10.6. The van der Waals surface area contributed by atoms with Crippen LogP contribution in [0.2, 0.25) is 0 Å². The molecule has 0 radical (unpaired) electrons. The number of fused-ring (bicyclic) bond motifs is 5. The van der Waals surface area contributed by atoms with Crippen molar-refractivity contribution in [2.75, 3.05) is 49.5 Å². The first kappa shape index (κ1) is 21.1. The zero-order chi connectivity index (χ0) is 22.8. The quantitative estimate of drug-likeness (QED) is 0.623. The van der Waals surface area contributed by atoms with Crippen molar-refractivity contribution in [3.63, 3.8) is 0 Å². The van der Waals surface area contributed by atoms with Gasteiger partial charge in [0.1, 0.15) is 18.0 Å². The van der Waals surface area contributed by atoms with Crippen LogP contribution in [0, 0.1) is 0 Å². The van der Waals surface area contributed by atoms with Crippen molar-refractivity contribution in [2.45, 2.75) is 23.9 Å². The molecule has 3 aliphatic heterocycles. The van der Waals surface area contributed by atoms with Crippen LogP contribution in [0.4, 0.5) is 5.69 Å². The maximum Gasteiger partial charge on any atom is 0.350 e. The second kappa shape index (κ2) is 7.38. The summed E-state index contributed by atoms with van der Waals surface area (Å²) in [5.74, 6) is 0.770. The van der Waals surface area contributed by atoms with E-state index in [9.17, 15) is 18.0 Å². The Bertz CT molecular complexity index is 1290. The predicted octanol–water partition coefficient (Wildman–Crippen LogP) is -0.0569. The summed E-state index contributed by atoms with van der Waals surface area (Å²) in [4.78, 5) is 28.7. The number of piperazine rings is 1. The highest BCUT2D eigenvalue weighted by Gasteiger charge is 2.53. The Morgan fingerprint density at radius 3 is 2.44 bits per heavy atom. The van der Waals surface area contributed by atoms with Crippen LogP contribution >= 0.6 is 0 Å². The fourth-order valence-electron chi connectivity index (χ4n) is 5.15. The van der Waals surface area contributed by atoms with Crippen molar-refractivity contribution >= 4 is 15.5 Å². The minimum Gasteiger partial charge on any atom is -0.495 e. The third kappa shape index (κ3) is 3.06. The fraction of sp³-hybridized carbons (Fsp3) is 0.524. The van der Waals surface area contributed by atoms with Crippen molar-refractivity contribution in [3.8, 4) is 5.75 Å². The molecule has 10 nitrogen and oxygen atoms in total. The smallest absolute Gasteiger partial charge is 0.350 e. The highest BCUT2D eigenvalue weighted by Crippen LogP contribution is 2.50. The molecule has 0 aliphatic carbocycles. The first-order valence-corrected chi connectivity index (χ1v) is 12.5. The Morgan fingerprint density at radius 2 is 1.78 bits per heavy atom. The molecule has 0 unspecified atom stereocenters. The van der Waals surface area contributed by atoms with Crippen LogP contribution < -0.4 is 25.9 Å². The summed E-state index contributed by atoms with van der Waals surface area (Å²) in [6, 6.07) is 7.73. The molecule has 3 atom stereocenters. The molecule has 5 rings (SSSR count). The average molecular weight is 463 g/mol. The van der Waals surface area contributed by atoms with Gasteiger partial charge in [-0.2, -0.15) is 4.68 Å². The molecule has 2 saturated heterocycles. The number of methoxy groups -OCH3 is 1. The van der Waals surface area contributed by atoms with E-state index < -0.39 is 38.5 Å². The molecule has 0 N–H and O–H groups in total. The number of hydrogen-bond acceptors (Lipinski definition) is 8. The number of benzene rings is 1. The van der Waals surface area contributed by atoms with Crippen LogP contribution in [0.15, 0.2) is 33.9 Å². The summed E-state index contributed by atoms with van der Waals surface area (Å²) in [5.41, 5.74) is 0.853. The van der Waals surface area contributed by atoms with Gasteiger partial charge in [-0.3, -0.25) is 9.36 Å². The van der Waals surface area contributed by atoms with Gasteiger partial charge in [-0.05, 0) is 18.6 Å². The van der Waals surface area contributed by atoms with Gasteiger partial charge in [0.15, 0.2) is 9.84 Å². The lowest BCUT2D eigenvalue weighted by Crippen LogP contribution is -2.60. The van der Waals surface area contributed by atoms with Crippen molar-refractivity contribution in [3.05, 3.63) is 56.4 Å². The third-order valence-electron chi connectivity index (χ3n) is 6.73. The average Bonchev–Trinajstić information content (AvgIpc) is 3.38. The summed E-state index contributed by atoms with van der Waals surface area (Å²) in [6.07, 6.45) is 0.0617. The Labute approximate surface area is 185 Å². The van der Waals surface area contributed by atoms with E-state index in [0.29, 0.717) is 37.4 Å². The molecule has 172 valence electrons. The molecule has 1 aromatic heterocycles. The van der Waals surface area contributed by atoms with Gasteiger partial charge in [0.05, 0.1) is 42.4 Å². The molecule has 0 saturated carbocycles. The zero-order valence-corrected chi connectivity index (χ0v) is 19.0. The molecular weight excluding hydrogens is 436 g/mol. The number of rotatable bonds is 4. The van der Waals surface area contributed by atoms with E-state index >= 15 is 0 Å². The Hall–Kier alpha value is -2.79. The third-order valence-corrected chi connectivity index (χ3v) is 8.27. The highest BCUT2D eigenvalue weighted by atomic mass is 32.2. The SMILES string of the molecule is COc1ccccc1N1CCN(n2c(=O)c3c(n(C)c2=O)[C@@H]2C[C@@H](S(C)(=O)=O)[C@H]3O2)CC1. The number of para-hydroxylation sites is 2. The van der Waals surface area contributed by atoms with Crippen molar-refractivity contribution < 1.29 is 17.9 Å². The number of aromatic nitrogens is 2. The lowest BCUT2D eigenvalue weighted by atomic mass is 9.96. The first-order chi connectivity index (χ1) is 15.2. The topological polar surface area (TPSA) is 103 Å². The van der Waals surface area contributed by atoms with E-state index in [0.717, 1.165) is 16.1 Å². The highest BCUT2D eigenvalue weighted by molar-refractivity contribution is 7.91. The number of anilines is 1. The van der Waals surface area contributed by atoms with Gasteiger partial charge >= 0.3 is 5.69 Å². The van der Waals surface area contributed by atoms with Crippen molar-refractivity contribution in [1.82, 2.24) is 9.24 Å². The fourth-order valence-corrected chi connectivity index (χ4v) is 6.33. The van der Waals surface area contributed by atoms with E-state index in [1.807, 2.05) is 24.3 Å². The van der Waals surface area contributed by atoms with Gasteiger partial charge in [0, 0.05) is 26.4 Å². The van der Waals surface area contributed by atoms with E-state index in [1.54, 1.807) is 19.2 Å². The van der Waals surface area contributed by atoms with Crippen LogP contribution in [-0.4, -0.2) is 62.5 Å². The van der Waals surface area contributed by atoms with E-state index in [-0.39, 0.29) is 6.42 Å². The van der Waals surface area contributed by atoms with E-state index in [1.165, 1.54) is 10.8 Å². The van der Waals surface area contributed by atoms with Crippen molar-refractivity contribution in [1.29, 1.82) is 0 Å². The van der Waals surface area contributed by atoms with Crippen molar-refractivity contribution in [2.24, 2.45) is 7.05 Å². The molecule has 32 heavy (non-hydrogen) atoms. The molecule has 2 bridgehead atoms. The lowest BCUT2D eigenvalue weighted by molar-refractivity contribution is 0.0695. The molecule has 11 heteroatoms. The van der Waals surface area contributed by atoms with Gasteiger partial charge in [-0.25, -0.2) is 13.2 Å². The molecule has 2 aromatic rings. The normalized spacial score (nSPS) is 24.7. The van der Waals surface area contributed by atoms with Crippen LogP contribution in [0.1, 0.15) is 29.9 Å². The number of ether oxygens (including phenoxy) is 2. The summed E-state index contributed by atoms with van der Waals surface area (Å²) >= 11 is 0. The largest absolute Gasteiger partial charge is 0.495 e. The minimum absolute atomic E-state index is 0.269. The monoisotopic (exact) mass is 462 g/mol. The van der Waals surface area contributed by atoms with Gasteiger partial charge in [-0.1, -0.05) is 12.1 Å². The zero-order valence-electron chi connectivity index (χ0n) is 18.2. The van der Waals surface area contributed by atoms with E-state index in [4.69, 9.17) is 9.47 Å². The number of hydrogen-bond donors (Lipinski definition) is 0. The van der Waals surface area contributed by atoms with E-state index in [2.05, 4.69) is 4.90 Å². The molecular formula is C21H26N4O6S. The second-order valence-corrected chi connectivity index (χ2v) is 10.8. The van der Waals surface area contributed by atoms with Gasteiger partial charge in [-0.15, -0.1) is 0 Å². The Kier molecular flexibility index (Phi) is 4.86. The molecule has 4 heterocycles. The summed E-state index contributed by atoms with van der Waals surface area (Å²) < 4.78 is 38.3. The maximum atomic E-state index is 13.4. The molecule has 2 fully saturated rings. The summed E-state index contributed by atoms with van der Waals surface area (Å²) in [5, 5.41) is 0.972. The minimum atomic E-state index is -3.39. The summed E-state index contributed by atoms with van der Waals surface area (Å²) in [7, 11) is -0.151. The summed E-state index contributed by atoms with van der Waals surface area (Å²) in [6.45, 7) is 2.11. The molecule has 1 aromatic carbocycles. The van der Waals surface area contributed by atoms with Gasteiger partial charge < -0.3 is 19.4 Å². The number of sulfone groups is 1. The van der Waals surface area contributed by atoms with Crippen LogP contribution in [0.5, 0.6) is 5.75 Å². The standard InChI is InChI=1S/C21H26N4O6S/c1-22-18-15-12-16(32(3,28)29)19(31-15)17(18)20(26)25(21(22)27)24-10-8-23(9-11-24)13-6-4-5-7-14(13)30-2/h4-7,15-16,19H,8-12H2,1-3H3/t15-,16+,19+/m0/s1. The molecule has 0 spiro atoms. The molecule has 3 aliphatic rings. The van der Waals surface area contributed by atoms with Crippen LogP contribution in [0.25, 0.3) is 0 Å². The second-order valence-electron chi connectivity index (χ2n) is 8.52. The Morgan fingerprint density at radius 1 is 1.09 bits per heavy atom. The number of nitrogens with zero attached hydrogens (tertiary/aromatic N) is 4. The van der Waals surface area contributed by atoms with Crippen LogP contribution in [-0.2, 0) is 21.6 Å². The maximum absolute atomic E-state index is 13.4. The predicted molar refractivity (Wildman–Crippen MR) is 119 cm³/mol. The van der Waals surface area contributed by atoms with Gasteiger partial charge in [0.2, 0.25) is 0 Å². The Balaban J connectivity index is 1.48. The van der Waals surface area contributed by atoms with Gasteiger partial charge in [0.25, 0.3) is 5.56 Å². The van der Waals surface area contributed by atoms with Crippen LogP contribution in [0.3, 0.4) is 0 Å².